The first-order valence-electron chi connectivity index (χ1n) is 4.47. The summed E-state index contributed by atoms with van der Waals surface area (Å²) in [5, 5.41) is 0. The molecule has 0 saturated heterocycles. The summed E-state index contributed by atoms with van der Waals surface area (Å²) in [4.78, 5) is 10.5. The summed E-state index contributed by atoms with van der Waals surface area (Å²) in [6, 6.07) is 0. The second-order valence-electron chi connectivity index (χ2n) is 2.89. The molecule has 0 aliphatic heterocycles. The number of rotatable bonds is 7. The van der Waals surface area contributed by atoms with Crippen LogP contribution in [0.1, 0.15) is 51.9 Å². The SMILES string of the molecule is CCCCCCCCC(=O)[Te]. The summed E-state index contributed by atoms with van der Waals surface area (Å²) in [7, 11) is 0. The third-order valence-electron chi connectivity index (χ3n) is 1.73. The first-order valence-corrected chi connectivity index (χ1v) is 5.63. The Hall–Kier alpha value is 0.460. The van der Waals surface area contributed by atoms with Gasteiger partial charge in [0.1, 0.15) is 0 Å². The average molecular weight is 269 g/mol. The van der Waals surface area contributed by atoms with E-state index in [4.69, 9.17) is 0 Å². The van der Waals surface area contributed by atoms with Crippen LogP contribution < -0.4 is 0 Å². The van der Waals surface area contributed by atoms with Crippen LogP contribution in [0.25, 0.3) is 0 Å². The number of unbranched alkanes of at least 4 members (excludes halogenated alkanes) is 5. The molecule has 65 valence electrons. The number of hydrogen-bond acceptors (Lipinski definition) is 1. The summed E-state index contributed by atoms with van der Waals surface area (Å²) in [5.74, 6) is 0. The van der Waals surface area contributed by atoms with Gasteiger partial charge in [-0.05, 0) is 0 Å². The first-order chi connectivity index (χ1) is 5.27. The van der Waals surface area contributed by atoms with Crippen molar-refractivity contribution in [1.82, 2.24) is 0 Å². The summed E-state index contributed by atoms with van der Waals surface area (Å²) in [6.45, 7) is 2.22. The van der Waals surface area contributed by atoms with Crippen molar-refractivity contribution in [2.45, 2.75) is 51.9 Å². The van der Waals surface area contributed by atoms with E-state index < -0.39 is 0 Å². The van der Waals surface area contributed by atoms with Crippen LogP contribution in [0.15, 0.2) is 0 Å². The van der Waals surface area contributed by atoms with Gasteiger partial charge >= 0.3 is 82.8 Å². The van der Waals surface area contributed by atoms with Crippen molar-refractivity contribution in [3.8, 4) is 0 Å². The molecule has 0 aliphatic rings. The van der Waals surface area contributed by atoms with Crippen molar-refractivity contribution >= 4 is 26.1 Å². The molecule has 2 heteroatoms. The molecule has 0 fully saturated rings. The third kappa shape index (κ3) is 10.5. The van der Waals surface area contributed by atoms with Gasteiger partial charge in [-0.3, -0.25) is 0 Å². The van der Waals surface area contributed by atoms with Gasteiger partial charge in [-0.2, -0.15) is 0 Å². The molecule has 0 aromatic heterocycles. The van der Waals surface area contributed by atoms with E-state index in [9.17, 15) is 4.79 Å². The van der Waals surface area contributed by atoms with Crippen LogP contribution in [0.4, 0.5) is 0 Å². The van der Waals surface area contributed by atoms with E-state index in [0.717, 1.165) is 12.8 Å². The van der Waals surface area contributed by atoms with Crippen LogP contribution in [0, 0.1) is 0 Å². The fourth-order valence-electron chi connectivity index (χ4n) is 1.05. The van der Waals surface area contributed by atoms with E-state index >= 15 is 0 Å². The van der Waals surface area contributed by atoms with Gasteiger partial charge in [-0.1, -0.05) is 0 Å². The molecule has 0 amide bonds. The topological polar surface area (TPSA) is 17.1 Å². The molecule has 0 aliphatic carbocycles. The molecule has 0 saturated carbocycles. The Morgan fingerprint density at radius 1 is 1.09 bits per heavy atom. The molecule has 0 heterocycles. The molecule has 1 radical (unpaired) electrons. The van der Waals surface area contributed by atoms with Gasteiger partial charge in [-0.25, -0.2) is 0 Å². The molecule has 0 aromatic carbocycles. The first kappa shape index (κ1) is 11.5. The van der Waals surface area contributed by atoms with Crippen molar-refractivity contribution in [3.05, 3.63) is 0 Å². The maximum atomic E-state index is 10.5. The van der Waals surface area contributed by atoms with Gasteiger partial charge < -0.3 is 0 Å². The molecule has 0 aromatic rings. The molecule has 0 unspecified atom stereocenters. The second-order valence-corrected chi connectivity index (χ2v) is 4.19. The fraction of sp³-hybridized carbons (Fsp3) is 0.889. The molecule has 0 atom stereocenters. The zero-order valence-electron chi connectivity index (χ0n) is 7.27. The quantitative estimate of drug-likeness (QED) is 0.512. The van der Waals surface area contributed by atoms with Crippen LogP contribution in [-0.2, 0) is 4.79 Å². The maximum absolute atomic E-state index is 10.5. The summed E-state index contributed by atoms with van der Waals surface area (Å²) < 4.78 is 0.344. The number of carbonyl (C=O) groups is 1. The van der Waals surface area contributed by atoms with Gasteiger partial charge in [0.15, 0.2) is 0 Å². The Balaban J connectivity index is 2.85. The van der Waals surface area contributed by atoms with Crippen LogP contribution in [-0.4, -0.2) is 26.1 Å². The molecule has 0 bridgehead atoms. The van der Waals surface area contributed by atoms with Gasteiger partial charge in [0.2, 0.25) is 0 Å². The minimum atomic E-state index is 0.344. The normalized spacial score (nSPS) is 9.91. The molecular weight excluding hydrogens is 252 g/mol. The zero-order valence-corrected chi connectivity index (χ0v) is 9.60. The van der Waals surface area contributed by atoms with Gasteiger partial charge in [0.05, 0.1) is 0 Å². The van der Waals surface area contributed by atoms with Crippen LogP contribution in [0.5, 0.6) is 0 Å². The Morgan fingerprint density at radius 2 is 1.64 bits per heavy atom. The van der Waals surface area contributed by atoms with E-state index in [2.05, 4.69) is 6.92 Å². The van der Waals surface area contributed by atoms with Crippen molar-refractivity contribution < 1.29 is 4.79 Å². The standard InChI is InChI=1S/C9H17OTe/c1-2-3-4-5-6-7-8-9(10)11/h2-8H2,1H3. The van der Waals surface area contributed by atoms with Crippen molar-refractivity contribution in [2.75, 3.05) is 0 Å². The number of hydrogen-bond donors (Lipinski definition) is 0. The Bertz CT molecular complexity index is 102. The van der Waals surface area contributed by atoms with Gasteiger partial charge in [0.25, 0.3) is 0 Å². The van der Waals surface area contributed by atoms with E-state index in [1.807, 2.05) is 0 Å². The average Bonchev–Trinajstić information content (AvgIpc) is 1.96. The van der Waals surface area contributed by atoms with Crippen molar-refractivity contribution in [3.63, 3.8) is 0 Å². The van der Waals surface area contributed by atoms with Crippen LogP contribution in [0.3, 0.4) is 0 Å². The fourth-order valence-corrected chi connectivity index (χ4v) is 1.46. The van der Waals surface area contributed by atoms with Gasteiger partial charge in [-0.15, -0.1) is 0 Å². The summed E-state index contributed by atoms with van der Waals surface area (Å²) >= 11 is 1.61. The van der Waals surface area contributed by atoms with Crippen molar-refractivity contribution in [1.29, 1.82) is 0 Å². The predicted octanol–water partition coefficient (Wildman–Crippen LogP) is 2.43. The van der Waals surface area contributed by atoms with E-state index in [1.165, 1.54) is 32.1 Å². The summed E-state index contributed by atoms with van der Waals surface area (Å²) in [6.07, 6.45) is 8.42. The van der Waals surface area contributed by atoms with Gasteiger partial charge in [0, 0.05) is 0 Å². The van der Waals surface area contributed by atoms with Crippen LogP contribution in [0.2, 0.25) is 0 Å². The molecule has 11 heavy (non-hydrogen) atoms. The van der Waals surface area contributed by atoms with E-state index in [0.29, 0.717) is 3.83 Å². The Labute approximate surface area is 82.8 Å². The zero-order chi connectivity index (χ0) is 8.53. The number of carbonyl (C=O) groups excluding carboxylic acids is 1. The molecule has 1 nitrogen and oxygen atoms in total. The molecule has 0 spiro atoms. The van der Waals surface area contributed by atoms with E-state index in [1.54, 1.807) is 22.3 Å². The van der Waals surface area contributed by atoms with E-state index in [-0.39, 0.29) is 0 Å². The molecule has 0 rings (SSSR count). The monoisotopic (exact) mass is 271 g/mol. The predicted molar refractivity (Wildman–Crippen MR) is 48.8 cm³/mol. The minimum absolute atomic E-state index is 0.344. The summed E-state index contributed by atoms with van der Waals surface area (Å²) in [5.41, 5.74) is 0. The molecule has 0 N–H and O–H groups in total. The van der Waals surface area contributed by atoms with Crippen molar-refractivity contribution in [2.24, 2.45) is 0 Å². The Kier molecular flexibility index (Phi) is 8.91. The van der Waals surface area contributed by atoms with Crippen LogP contribution >= 0.6 is 0 Å². The Morgan fingerprint density at radius 3 is 2.18 bits per heavy atom. The second kappa shape index (κ2) is 8.56. The molecular formula is C9H17OTe. The third-order valence-corrected chi connectivity index (χ3v) is 2.32.